The second-order valence-corrected chi connectivity index (χ2v) is 10.1. The van der Waals surface area contributed by atoms with Gasteiger partial charge in [-0.2, -0.15) is 0 Å². The highest BCUT2D eigenvalue weighted by molar-refractivity contribution is 7.92. The zero-order chi connectivity index (χ0) is 24.7. The minimum absolute atomic E-state index is 0.0205. The molecule has 184 valence electrons. The van der Waals surface area contributed by atoms with E-state index in [1.165, 1.54) is 7.05 Å². The Morgan fingerprint density at radius 2 is 1.88 bits per heavy atom. The second kappa shape index (κ2) is 11.3. The van der Waals surface area contributed by atoms with Crippen LogP contribution in [0.5, 0.6) is 5.75 Å². The van der Waals surface area contributed by atoms with E-state index in [-0.39, 0.29) is 17.9 Å². The van der Waals surface area contributed by atoms with Gasteiger partial charge in [0.1, 0.15) is 5.75 Å². The van der Waals surface area contributed by atoms with Crippen LogP contribution < -0.4 is 19.7 Å². The summed E-state index contributed by atoms with van der Waals surface area (Å²) < 4.78 is 35.9. The van der Waals surface area contributed by atoms with E-state index in [0.717, 1.165) is 23.4 Å². The van der Waals surface area contributed by atoms with E-state index in [4.69, 9.17) is 9.47 Å². The lowest BCUT2D eigenvalue weighted by atomic mass is 10.1. The summed E-state index contributed by atoms with van der Waals surface area (Å²) in [5.41, 5.74) is 1.23. The standard InChI is InChI=1S/C24H31N3O6S/c1-4-22(33-18-13-11-17(12-14-18)27(2)34(3,30)31)24(29)26-21-10-6-5-9-20(21)23(28)25-16-19-8-7-15-32-19/h5-6,9-14,19,22H,4,7-8,15-16H2,1-3H3,(H,25,28)(H,26,29)/t19-,22-/m0/s1. The molecule has 2 amide bonds. The predicted molar refractivity (Wildman–Crippen MR) is 131 cm³/mol. The highest BCUT2D eigenvalue weighted by Crippen LogP contribution is 2.22. The molecular formula is C24H31N3O6S. The van der Waals surface area contributed by atoms with E-state index in [0.29, 0.717) is 42.3 Å². The molecular weight excluding hydrogens is 458 g/mol. The Bertz CT molecular complexity index is 1100. The number of benzene rings is 2. The Hall–Kier alpha value is -3.11. The van der Waals surface area contributed by atoms with Gasteiger partial charge in [-0.15, -0.1) is 0 Å². The maximum absolute atomic E-state index is 12.9. The number of amides is 2. The number of ether oxygens (including phenoxy) is 2. The fraction of sp³-hybridized carbons (Fsp3) is 0.417. The first-order valence-corrected chi connectivity index (χ1v) is 13.0. The molecule has 2 atom stereocenters. The van der Waals surface area contributed by atoms with Crippen LogP contribution >= 0.6 is 0 Å². The fourth-order valence-electron chi connectivity index (χ4n) is 3.52. The van der Waals surface area contributed by atoms with E-state index < -0.39 is 16.1 Å². The Balaban J connectivity index is 1.64. The van der Waals surface area contributed by atoms with Crippen LogP contribution in [0, 0.1) is 0 Å². The molecule has 2 aromatic rings. The maximum atomic E-state index is 12.9. The van der Waals surface area contributed by atoms with E-state index in [2.05, 4.69) is 10.6 Å². The van der Waals surface area contributed by atoms with Crippen LogP contribution in [0.4, 0.5) is 11.4 Å². The molecule has 0 saturated carbocycles. The van der Waals surface area contributed by atoms with Gasteiger partial charge in [-0.1, -0.05) is 19.1 Å². The van der Waals surface area contributed by atoms with Gasteiger partial charge in [0, 0.05) is 20.2 Å². The number of hydrogen-bond acceptors (Lipinski definition) is 6. The minimum atomic E-state index is -3.38. The van der Waals surface area contributed by atoms with E-state index in [9.17, 15) is 18.0 Å². The molecule has 0 spiro atoms. The number of nitrogens with one attached hydrogen (secondary N) is 2. The molecule has 1 aliphatic rings. The molecule has 2 N–H and O–H groups in total. The lowest BCUT2D eigenvalue weighted by molar-refractivity contribution is -0.122. The van der Waals surface area contributed by atoms with Crippen molar-refractivity contribution in [2.45, 2.75) is 38.4 Å². The zero-order valence-corrected chi connectivity index (χ0v) is 20.4. The molecule has 1 saturated heterocycles. The SMILES string of the molecule is CC[C@H](Oc1ccc(N(C)S(C)(=O)=O)cc1)C(=O)Nc1ccccc1C(=O)NC[C@@H]1CCCO1. The van der Waals surface area contributed by atoms with Crippen molar-refractivity contribution >= 4 is 33.2 Å². The summed E-state index contributed by atoms with van der Waals surface area (Å²) in [5, 5.41) is 5.67. The lowest BCUT2D eigenvalue weighted by Gasteiger charge is -2.20. The normalized spacial score (nSPS) is 16.5. The topological polar surface area (TPSA) is 114 Å². The molecule has 1 fully saturated rings. The van der Waals surface area contributed by atoms with Gasteiger partial charge >= 0.3 is 0 Å². The van der Waals surface area contributed by atoms with Crippen molar-refractivity contribution in [3.63, 3.8) is 0 Å². The lowest BCUT2D eigenvalue weighted by Crippen LogP contribution is -2.35. The average molecular weight is 490 g/mol. The van der Waals surface area contributed by atoms with Gasteiger partial charge in [0.2, 0.25) is 10.0 Å². The van der Waals surface area contributed by atoms with Crippen molar-refractivity contribution < 1.29 is 27.5 Å². The Morgan fingerprint density at radius 1 is 1.18 bits per heavy atom. The monoisotopic (exact) mass is 489 g/mol. The van der Waals surface area contributed by atoms with Crippen molar-refractivity contribution in [1.82, 2.24) is 5.32 Å². The van der Waals surface area contributed by atoms with Crippen LogP contribution in [0.2, 0.25) is 0 Å². The Labute approximate surface area is 200 Å². The molecule has 0 aromatic heterocycles. The Kier molecular flexibility index (Phi) is 8.51. The van der Waals surface area contributed by atoms with Gasteiger partial charge in [-0.05, 0) is 55.7 Å². The number of rotatable bonds is 10. The minimum Gasteiger partial charge on any atom is -0.481 e. The van der Waals surface area contributed by atoms with Crippen LogP contribution in [0.15, 0.2) is 48.5 Å². The third-order valence-electron chi connectivity index (χ3n) is 5.58. The predicted octanol–water partition coefficient (Wildman–Crippen LogP) is 2.79. The summed E-state index contributed by atoms with van der Waals surface area (Å²) in [6.07, 6.45) is 2.64. The van der Waals surface area contributed by atoms with Crippen molar-refractivity contribution in [2.75, 3.05) is 36.1 Å². The third kappa shape index (κ3) is 6.71. The van der Waals surface area contributed by atoms with Gasteiger partial charge in [0.15, 0.2) is 6.10 Å². The van der Waals surface area contributed by atoms with Crippen LogP contribution in [0.1, 0.15) is 36.5 Å². The zero-order valence-electron chi connectivity index (χ0n) is 19.6. The molecule has 0 bridgehead atoms. The first kappa shape index (κ1) is 25.5. The number of anilines is 2. The summed E-state index contributed by atoms with van der Waals surface area (Å²) in [7, 11) is -1.92. The second-order valence-electron chi connectivity index (χ2n) is 8.12. The van der Waals surface area contributed by atoms with Gasteiger partial charge in [0.25, 0.3) is 11.8 Å². The summed E-state index contributed by atoms with van der Waals surface area (Å²) in [6, 6.07) is 13.2. The highest BCUT2D eigenvalue weighted by Gasteiger charge is 2.22. The van der Waals surface area contributed by atoms with Crippen LogP contribution in [-0.2, 0) is 19.6 Å². The number of hydrogen-bond donors (Lipinski definition) is 2. The summed E-state index contributed by atoms with van der Waals surface area (Å²) in [5.74, 6) is -0.250. The number of carbonyl (C=O) groups is 2. The van der Waals surface area contributed by atoms with Crippen LogP contribution in [-0.4, -0.2) is 58.9 Å². The van der Waals surface area contributed by atoms with Crippen molar-refractivity contribution in [3.8, 4) is 5.75 Å². The van der Waals surface area contributed by atoms with E-state index in [1.807, 2.05) is 6.92 Å². The van der Waals surface area contributed by atoms with Gasteiger partial charge in [-0.25, -0.2) is 8.42 Å². The fourth-order valence-corrected chi connectivity index (χ4v) is 4.03. The molecule has 0 aliphatic carbocycles. The molecule has 1 aliphatic heterocycles. The summed E-state index contributed by atoms with van der Waals surface area (Å²) in [4.78, 5) is 25.6. The number of sulfonamides is 1. The van der Waals surface area contributed by atoms with Crippen LogP contribution in [0.25, 0.3) is 0 Å². The molecule has 0 unspecified atom stereocenters. The first-order valence-electron chi connectivity index (χ1n) is 11.2. The number of carbonyl (C=O) groups excluding carboxylic acids is 2. The molecule has 9 nitrogen and oxygen atoms in total. The number of nitrogens with zero attached hydrogens (tertiary/aromatic N) is 1. The van der Waals surface area contributed by atoms with Crippen molar-refractivity contribution in [1.29, 1.82) is 0 Å². The largest absolute Gasteiger partial charge is 0.481 e. The van der Waals surface area contributed by atoms with Crippen molar-refractivity contribution in [3.05, 3.63) is 54.1 Å². The summed E-state index contributed by atoms with van der Waals surface area (Å²) >= 11 is 0. The maximum Gasteiger partial charge on any atom is 0.265 e. The first-order chi connectivity index (χ1) is 16.2. The molecule has 0 radical (unpaired) electrons. The average Bonchev–Trinajstić information content (AvgIpc) is 3.34. The molecule has 34 heavy (non-hydrogen) atoms. The smallest absolute Gasteiger partial charge is 0.265 e. The highest BCUT2D eigenvalue weighted by atomic mass is 32.2. The summed E-state index contributed by atoms with van der Waals surface area (Å²) in [6.45, 7) is 2.95. The molecule has 3 rings (SSSR count). The van der Waals surface area contributed by atoms with Gasteiger partial charge in [-0.3, -0.25) is 13.9 Å². The molecule has 10 heteroatoms. The van der Waals surface area contributed by atoms with E-state index in [1.54, 1.807) is 48.5 Å². The molecule has 1 heterocycles. The quantitative estimate of drug-likeness (QED) is 0.531. The van der Waals surface area contributed by atoms with Crippen LogP contribution in [0.3, 0.4) is 0 Å². The third-order valence-corrected chi connectivity index (χ3v) is 6.79. The van der Waals surface area contributed by atoms with Gasteiger partial charge in [0.05, 0.1) is 29.3 Å². The Morgan fingerprint density at radius 3 is 2.50 bits per heavy atom. The molecule has 2 aromatic carbocycles. The van der Waals surface area contributed by atoms with E-state index >= 15 is 0 Å². The van der Waals surface area contributed by atoms with Crippen molar-refractivity contribution in [2.24, 2.45) is 0 Å². The van der Waals surface area contributed by atoms with Gasteiger partial charge < -0.3 is 20.1 Å². The number of para-hydroxylation sites is 1.